The van der Waals surface area contributed by atoms with Crippen LogP contribution in [0.5, 0.6) is 0 Å². The Bertz CT molecular complexity index is 818. The van der Waals surface area contributed by atoms with Gasteiger partial charge in [0.05, 0.1) is 5.54 Å². The molecule has 0 unspecified atom stereocenters. The standard InChI is InChI=1S/C20H25N3O2/c1-6-7-23-17-8-12(2)14(10-16-18(24)22-19(25)21-16)9-15(17)13(3)11-20(23,4)5/h8-11H,6-7H2,1-5H3,(H2,21,22,24,25)/b16-10-. The Morgan fingerprint density at radius 3 is 2.48 bits per heavy atom. The van der Waals surface area contributed by atoms with E-state index in [4.69, 9.17) is 0 Å². The topological polar surface area (TPSA) is 61.4 Å². The molecule has 3 amide bonds. The van der Waals surface area contributed by atoms with Gasteiger partial charge < -0.3 is 10.2 Å². The van der Waals surface area contributed by atoms with E-state index in [1.165, 1.54) is 16.8 Å². The van der Waals surface area contributed by atoms with Crippen molar-refractivity contribution < 1.29 is 9.59 Å². The summed E-state index contributed by atoms with van der Waals surface area (Å²) in [6.45, 7) is 11.8. The Balaban J connectivity index is 2.10. The van der Waals surface area contributed by atoms with Gasteiger partial charge in [0.1, 0.15) is 5.70 Å². The summed E-state index contributed by atoms with van der Waals surface area (Å²) in [6, 6.07) is 3.82. The van der Waals surface area contributed by atoms with E-state index in [0.29, 0.717) is 0 Å². The Hall–Kier alpha value is -2.56. The van der Waals surface area contributed by atoms with Gasteiger partial charge in [-0.1, -0.05) is 13.0 Å². The second-order valence-corrected chi connectivity index (χ2v) is 7.32. The zero-order chi connectivity index (χ0) is 18.4. The van der Waals surface area contributed by atoms with Gasteiger partial charge >= 0.3 is 6.03 Å². The van der Waals surface area contributed by atoms with Crippen molar-refractivity contribution in [2.45, 2.75) is 46.6 Å². The highest BCUT2D eigenvalue weighted by molar-refractivity contribution is 6.14. The lowest BCUT2D eigenvalue weighted by molar-refractivity contribution is -0.115. The number of amides is 3. The van der Waals surface area contributed by atoms with E-state index < -0.39 is 6.03 Å². The molecule has 0 spiro atoms. The van der Waals surface area contributed by atoms with Gasteiger partial charge in [0.15, 0.2) is 0 Å². The first-order valence-corrected chi connectivity index (χ1v) is 8.69. The van der Waals surface area contributed by atoms with Crippen molar-refractivity contribution in [3.8, 4) is 0 Å². The molecule has 0 aromatic heterocycles. The van der Waals surface area contributed by atoms with E-state index in [2.05, 4.69) is 61.4 Å². The number of nitrogens with one attached hydrogen (secondary N) is 2. The molecule has 2 aliphatic rings. The minimum Gasteiger partial charge on any atom is -0.362 e. The van der Waals surface area contributed by atoms with Crippen molar-refractivity contribution in [2.75, 3.05) is 11.4 Å². The molecule has 132 valence electrons. The molecule has 2 N–H and O–H groups in total. The molecule has 2 aliphatic heterocycles. The fourth-order valence-electron chi connectivity index (χ4n) is 3.67. The van der Waals surface area contributed by atoms with Crippen molar-refractivity contribution >= 4 is 29.3 Å². The number of aryl methyl sites for hydroxylation is 1. The number of hydrogen-bond donors (Lipinski definition) is 2. The molecule has 0 bridgehead atoms. The van der Waals surface area contributed by atoms with Crippen molar-refractivity contribution in [3.05, 3.63) is 40.6 Å². The molecule has 0 atom stereocenters. The highest BCUT2D eigenvalue weighted by Gasteiger charge is 2.31. The number of imide groups is 1. The van der Waals surface area contributed by atoms with Gasteiger partial charge in [0.25, 0.3) is 5.91 Å². The molecule has 5 nitrogen and oxygen atoms in total. The number of fused-ring (bicyclic) bond motifs is 1. The molecule has 0 aliphatic carbocycles. The lowest BCUT2D eigenvalue weighted by Crippen LogP contribution is -2.45. The average Bonchev–Trinajstić information content (AvgIpc) is 2.82. The van der Waals surface area contributed by atoms with E-state index in [9.17, 15) is 9.59 Å². The lowest BCUT2D eigenvalue weighted by Gasteiger charge is -2.43. The third-order valence-electron chi connectivity index (χ3n) is 4.83. The van der Waals surface area contributed by atoms with Crippen molar-refractivity contribution in [3.63, 3.8) is 0 Å². The van der Waals surface area contributed by atoms with Crippen LogP contribution in [0.3, 0.4) is 0 Å². The van der Waals surface area contributed by atoms with Crippen LogP contribution in [0.25, 0.3) is 11.6 Å². The summed E-state index contributed by atoms with van der Waals surface area (Å²) in [4.78, 5) is 25.5. The summed E-state index contributed by atoms with van der Waals surface area (Å²) in [5.74, 6) is -0.386. The van der Waals surface area contributed by atoms with Crippen molar-refractivity contribution in [2.24, 2.45) is 0 Å². The minimum atomic E-state index is -0.473. The number of hydrogen-bond acceptors (Lipinski definition) is 3. The highest BCUT2D eigenvalue weighted by Crippen LogP contribution is 2.40. The molecule has 2 heterocycles. The van der Waals surface area contributed by atoms with Gasteiger partial charge in [0, 0.05) is 17.8 Å². The number of benzene rings is 1. The van der Waals surface area contributed by atoms with Crippen molar-refractivity contribution in [1.82, 2.24) is 10.6 Å². The summed E-state index contributed by atoms with van der Waals surface area (Å²) in [6.07, 6.45) is 5.11. The first kappa shape index (κ1) is 17.3. The van der Waals surface area contributed by atoms with E-state index in [-0.39, 0.29) is 17.1 Å². The van der Waals surface area contributed by atoms with Crippen LogP contribution in [0.4, 0.5) is 10.5 Å². The average molecular weight is 339 g/mol. The second kappa shape index (κ2) is 6.06. The Kier molecular flexibility index (Phi) is 4.19. The zero-order valence-corrected chi connectivity index (χ0v) is 15.5. The highest BCUT2D eigenvalue weighted by atomic mass is 16.2. The van der Waals surface area contributed by atoms with Crippen LogP contribution >= 0.6 is 0 Å². The number of carbonyl (C=O) groups is 2. The maximum Gasteiger partial charge on any atom is 0.326 e. The van der Waals surface area contributed by atoms with Crippen LogP contribution < -0.4 is 15.5 Å². The predicted octanol–water partition coefficient (Wildman–Crippen LogP) is 3.59. The fourth-order valence-corrected chi connectivity index (χ4v) is 3.67. The summed E-state index contributed by atoms with van der Waals surface area (Å²) in [5, 5.41) is 4.78. The molecule has 1 saturated heterocycles. The van der Waals surface area contributed by atoms with E-state index in [0.717, 1.165) is 24.1 Å². The van der Waals surface area contributed by atoms with Crippen LogP contribution in [0.2, 0.25) is 0 Å². The maximum absolute atomic E-state index is 11.8. The van der Waals surface area contributed by atoms with Gasteiger partial charge in [-0.2, -0.15) is 0 Å². The second-order valence-electron chi connectivity index (χ2n) is 7.32. The number of nitrogens with zero attached hydrogens (tertiary/aromatic N) is 1. The minimum absolute atomic E-state index is 0.0289. The smallest absolute Gasteiger partial charge is 0.326 e. The van der Waals surface area contributed by atoms with Crippen LogP contribution in [-0.2, 0) is 4.79 Å². The quantitative estimate of drug-likeness (QED) is 0.653. The van der Waals surface area contributed by atoms with E-state index in [1.54, 1.807) is 6.08 Å². The Labute approximate surface area is 148 Å². The largest absolute Gasteiger partial charge is 0.362 e. The number of urea groups is 1. The fraction of sp³-hybridized carbons (Fsp3) is 0.400. The number of carbonyl (C=O) groups excluding carboxylic acids is 2. The Morgan fingerprint density at radius 2 is 1.88 bits per heavy atom. The molecule has 0 radical (unpaired) electrons. The monoisotopic (exact) mass is 339 g/mol. The molecule has 3 rings (SSSR count). The van der Waals surface area contributed by atoms with Crippen LogP contribution in [-0.4, -0.2) is 24.0 Å². The molecule has 5 heteroatoms. The van der Waals surface area contributed by atoms with Gasteiger partial charge in [-0.15, -0.1) is 0 Å². The SMILES string of the molecule is CCCN1c2cc(C)c(/C=C3\NC(=O)NC3=O)cc2C(C)=CC1(C)C. The van der Waals surface area contributed by atoms with Crippen LogP contribution in [0.1, 0.15) is 50.8 Å². The van der Waals surface area contributed by atoms with Gasteiger partial charge in [-0.05, 0) is 69.0 Å². The number of allylic oxidation sites excluding steroid dienone is 1. The van der Waals surface area contributed by atoms with Crippen molar-refractivity contribution in [1.29, 1.82) is 0 Å². The van der Waals surface area contributed by atoms with Gasteiger partial charge in [0.2, 0.25) is 0 Å². The molecule has 1 aromatic rings. The molecule has 25 heavy (non-hydrogen) atoms. The first-order chi connectivity index (χ1) is 11.7. The number of rotatable bonds is 3. The van der Waals surface area contributed by atoms with Crippen LogP contribution in [0, 0.1) is 6.92 Å². The summed E-state index contributed by atoms with van der Waals surface area (Å²) in [7, 11) is 0. The predicted molar refractivity (Wildman–Crippen MR) is 101 cm³/mol. The van der Waals surface area contributed by atoms with Gasteiger partial charge in [-0.25, -0.2) is 4.79 Å². The molecule has 1 fully saturated rings. The van der Waals surface area contributed by atoms with Gasteiger partial charge in [-0.3, -0.25) is 10.1 Å². The summed E-state index contributed by atoms with van der Waals surface area (Å²) < 4.78 is 0. The van der Waals surface area contributed by atoms with Crippen LogP contribution in [0.15, 0.2) is 23.9 Å². The summed E-state index contributed by atoms with van der Waals surface area (Å²) in [5.41, 5.74) is 5.91. The van der Waals surface area contributed by atoms with E-state index in [1.807, 2.05) is 6.92 Å². The zero-order valence-electron chi connectivity index (χ0n) is 15.5. The molecule has 1 aromatic carbocycles. The normalized spacial score (nSPS) is 20.3. The first-order valence-electron chi connectivity index (χ1n) is 8.69. The molecule has 0 saturated carbocycles. The van der Waals surface area contributed by atoms with E-state index >= 15 is 0 Å². The summed E-state index contributed by atoms with van der Waals surface area (Å²) >= 11 is 0. The third kappa shape index (κ3) is 3.06. The third-order valence-corrected chi connectivity index (χ3v) is 4.83. The Morgan fingerprint density at radius 1 is 1.16 bits per heavy atom. The lowest BCUT2D eigenvalue weighted by atomic mass is 9.86. The maximum atomic E-state index is 11.8. The number of anilines is 1. The molecular weight excluding hydrogens is 314 g/mol. The molecular formula is C20H25N3O2.